The van der Waals surface area contributed by atoms with Crippen molar-refractivity contribution in [1.82, 2.24) is 0 Å². The molecule has 0 aliphatic heterocycles. The molecule has 2 N–H and O–H groups in total. The van der Waals surface area contributed by atoms with E-state index in [1.807, 2.05) is 0 Å². The van der Waals surface area contributed by atoms with Crippen molar-refractivity contribution < 1.29 is 5.32 Å². The van der Waals surface area contributed by atoms with Crippen LogP contribution in [0.1, 0.15) is 11.1 Å². The molecule has 2 rings (SSSR count). The number of quaternary nitrogens is 1. The molecule has 14 heavy (non-hydrogen) atoms. The van der Waals surface area contributed by atoms with Gasteiger partial charge in [0.15, 0.2) is 0 Å². The fourth-order valence-corrected chi connectivity index (χ4v) is 2.11. The van der Waals surface area contributed by atoms with E-state index in [-0.39, 0.29) is 0 Å². The molecule has 72 valence electrons. The van der Waals surface area contributed by atoms with Crippen LogP contribution < -0.4 is 5.32 Å². The van der Waals surface area contributed by atoms with Gasteiger partial charge in [0, 0.05) is 11.1 Å². The van der Waals surface area contributed by atoms with Crippen LogP contribution in [-0.4, -0.2) is 0 Å². The van der Waals surface area contributed by atoms with Crippen molar-refractivity contribution in [2.24, 2.45) is 0 Å². The molecule has 2 aromatic rings. The van der Waals surface area contributed by atoms with Crippen LogP contribution in [0.25, 0.3) is 0 Å². The van der Waals surface area contributed by atoms with Gasteiger partial charge in [-0.3, -0.25) is 0 Å². The van der Waals surface area contributed by atoms with Gasteiger partial charge in [0.1, 0.15) is 13.1 Å². The van der Waals surface area contributed by atoms with Crippen molar-refractivity contribution in [3.8, 4) is 0 Å². The van der Waals surface area contributed by atoms with Crippen molar-refractivity contribution in [2.45, 2.75) is 13.1 Å². The van der Waals surface area contributed by atoms with E-state index >= 15 is 0 Å². The molecule has 1 nitrogen and oxygen atoms in total. The van der Waals surface area contributed by atoms with Crippen molar-refractivity contribution in [1.29, 1.82) is 0 Å². The third-order valence-corrected chi connectivity index (χ3v) is 2.92. The molecule has 0 radical (unpaired) electrons. The largest absolute Gasteiger partial charge is 0.339 e. The van der Waals surface area contributed by atoms with E-state index in [0.29, 0.717) is 0 Å². The Morgan fingerprint density at radius 1 is 0.929 bits per heavy atom. The van der Waals surface area contributed by atoms with Crippen LogP contribution in [-0.2, 0) is 13.1 Å². The highest BCUT2D eigenvalue weighted by atomic mass is 32.1. The van der Waals surface area contributed by atoms with Crippen LogP contribution in [0, 0.1) is 0 Å². The number of benzene rings is 1. The highest BCUT2D eigenvalue weighted by Gasteiger charge is 1.96. The van der Waals surface area contributed by atoms with E-state index in [0.717, 1.165) is 13.1 Å². The molecule has 2 heteroatoms. The van der Waals surface area contributed by atoms with E-state index in [9.17, 15) is 0 Å². The molecule has 1 aromatic carbocycles. The number of hydrogen-bond acceptors (Lipinski definition) is 1. The Morgan fingerprint density at radius 3 is 2.43 bits per heavy atom. The molecule has 1 heterocycles. The minimum atomic E-state index is 1.07. The van der Waals surface area contributed by atoms with Crippen molar-refractivity contribution >= 4 is 11.3 Å². The summed E-state index contributed by atoms with van der Waals surface area (Å²) in [4.78, 5) is 0. The standard InChI is InChI=1S/C12H13NS/c1-2-4-11(5-3-1)8-13-9-12-6-7-14-10-12/h1-7,10,13H,8-9H2/p+1. The Kier molecular flexibility index (Phi) is 3.33. The zero-order valence-electron chi connectivity index (χ0n) is 8.02. The number of nitrogens with two attached hydrogens (primary N) is 1. The zero-order valence-corrected chi connectivity index (χ0v) is 8.84. The molecular formula is C12H14NS+. The molecule has 0 atom stereocenters. The summed E-state index contributed by atoms with van der Waals surface area (Å²) in [7, 11) is 0. The molecular weight excluding hydrogens is 190 g/mol. The predicted octanol–water partition coefficient (Wildman–Crippen LogP) is 2.01. The van der Waals surface area contributed by atoms with E-state index in [2.05, 4.69) is 52.5 Å². The maximum absolute atomic E-state index is 2.33. The summed E-state index contributed by atoms with van der Waals surface area (Å²) in [5.74, 6) is 0. The van der Waals surface area contributed by atoms with Gasteiger partial charge in [-0.25, -0.2) is 0 Å². The van der Waals surface area contributed by atoms with E-state index in [4.69, 9.17) is 0 Å². The average molecular weight is 204 g/mol. The first kappa shape index (κ1) is 9.44. The first-order valence-electron chi connectivity index (χ1n) is 4.82. The fourth-order valence-electron chi connectivity index (χ4n) is 1.43. The lowest BCUT2D eigenvalue weighted by Crippen LogP contribution is -2.80. The molecule has 0 bridgehead atoms. The lowest BCUT2D eigenvalue weighted by atomic mass is 10.2. The van der Waals surface area contributed by atoms with Gasteiger partial charge in [0.25, 0.3) is 0 Å². The van der Waals surface area contributed by atoms with Crippen molar-refractivity contribution in [3.05, 3.63) is 58.3 Å². The fraction of sp³-hybridized carbons (Fsp3) is 0.167. The van der Waals surface area contributed by atoms with Crippen LogP contribution in [0.15, 0.2) is 47.2 Å². The number of rotatable bonds is 4. The van der Waals surface area contributed by atoms with Gasteiger partial charge >= 0.3 is 0 Å². The summed E-state index contributed by atoms with van der Waals surface area (Å²) < 4.78 is 0. The average Bonchev–Trinajstić information content (AvgIpc) is 2.72. The van der Waals surface area contributed by atoms with Crippen LogP contribution in [0.4, 0.5) is 0 Å². The van der Waals surface area contributed by atoms with Gasteiger partial charge in [0.2, 0.25) is 0 Å². The quantitative estimate of drug-likeness (QED) is 0.784. The predicted molar refractivity (Wildman–Crippen MR) is 60.1 cm³/mol. The lowest BCUT2D eigenvalue weighted by Gasteiger charge is -1.99. The summed E-state index contributed by atoms with van der Waals surface area (Å²) in [5.41, 5.74) is 2.81. The smallest absolute Gasteiger partial charge is 0.102 e. The molecule has 0 amide bonds. The van der Waals surface area contributed by atoms with E-state index < -0.39 is 0 Å². The van der Waals surface area contributed by atoms with Crippen molar-refractivity contribution in [3.63, 3.8) is 0 Å². The Morgan fingerprint density at radius 2 is 1.71 bits per heavy atom. The van der Waals surface area contributed by atoms with E-state index in [1.54, 1.807) is 11.3 Å². The van der Waals surface area contributed by atoms with Gasteiger partial charge in [-0.2, -0.15) is 11.3 Å². The summed E-state index contributed by atoms with van der Waals surface area (Å²) in [6.45, 7) is 2.15. The third-order valence-electron chi connectivity index (χ3n) is 2.18. The van der Waals surface area contributed by atoms with Crippen LogP contribution >= 0.6 is 11.3 Å². The molecule has 0 fully saturated rings. The molecule has 0 aliphatic carbocycles. The topological polar surface area (TPSA) is 16.6 Å². The van der Waals surface area contributed by atoms with Crippen LogP contribution in [0.3, 0.4) is 0 Å². The van der Waals surface area contributed by atoms with Crippen LogP contribution in [0.2, 0.25) is 0 Å². The maximum Gasteiger partial charge on any atom is 0.102 e. The minimum absolute atomic E-state index is 1.07. The lowest BCUT2D eigenvalue weighted by molar-refractivity contribution is -0.686. The first-order chi connectivity index (χ1) is 6.95. The summed E-state index contributed by atoms with van der Waals surface area (Å²) in [6.07, 6.45) is 0. The van der Waals surface area contributed by atoms with Gasteiger partial charge < -0.3 is 5.32 Å². The van der Waals surface area contributed by atoms with Gasteiger partial charge in [-0.15, -0.1) is 0 Å². The molecule has 0 aliphatic rings. The summed E-state index contributed by atoms with van der Waals surface area (Å²) >= 11 is 1.77. The second kappa shape index (κ2) is 4.94. The normalized spacial score (nSPS) is 10.3. The zero-order chi connectivity index (χ0) is 9.64. The molecule has 0 saturated heterocycles. The highest BCUT2D eigenvalue weighted by molar-refractivity contribution is 7.07. The van der Waals surface area contributed by atoms with Gasteiger partial charge in [-0.05, 0) is 16.8 Å². The van der Waals surface area contributed by atoms with Crippen LogP contribution in [0.5, 0.6) is 0 Å². The number of hydrogen-bond donors (Lipinski definition) is 1. The molecule has 0 spiro atoms. The molecule has 0 unspecified atom stereocenters. The molecule has 0 saturated carbocycles. The SMILES string of the molecule is c1ccc(C[NH2+]Cc2ccsc2)cc1. The highest BCUT2D eigenvalue weighted by Crippen LogP contribution is 2.03. The maximum atomic E-state index is 2.33. The second-order valence-corrected chi connectivity index (χ2v) is 4.09. The van der Waals surface area contributed by atoms with Crippen molar-refractivity contribution in [2.75, 3.05) is 0 Å². The third kappa shape index (κ3) is 2.69. The van der Waals surface area contributed by atoms with Gasteiger partial charge in [0.05, 0.1) is 0 Å². The second-order valence-electron chi connectivity index (χ2n) is 3.31. The van der Waals surface area contributed by atoms with Gasteiger partial charge in [-0.1, -0.05) is 30.3 Å². The summed E-state index contributed by atoms with van der Waals surface area (Å²) in [5, 5.41) is 6.67. The Bertz CT molecular complexity index is 353. The Labute approximate surface area is 88.4 Å². The van der Waals surface area contributed by atoms with E-state index in [1.165, 1.54) is 11.1 Å². The molecule has 1 aromatic heterocycles. The monoisotopic (exact) mass is 204 g/mol. The Balaban J connectivity index is 1.79. The Hall–Kier alpha value is -1.12. The number of thiophene rings is 1. The first-order valence-corrected chi connectivity index (χ1v) is 5.76. The summed E-state index contributed by atoms with van der Waals surface area (Å²) in [6, 6.07) is 12.8. The minimum Gasteiger partial charge on any atom is -0.339 e.